The maximum Gasteiger partial charge on any atom is 0.0721 e. The Morgan fingerprint density at radius 3 is 2.60 bits per heavy atom. The van der Waals surface area contributed by atoms with Crippen LogP contribution >= 0.6 is 15.9 Å². The van der Waals surface area contributed by atoms with Gasteiger partial charge in [0.25, 0.3) is 0 Å². The lowest BCUT2D eigenvalue weighted by Gasteiger charge is -2.54. The van der Waals surface area contributed by atoms with Crippen LogP contribution in [-0.4, -0.2) is 12.1 Å². The molecule has 0 radical (unpaired) electrons. The molecule has 0 amide bonds. The van der Waals surface area contributed by atoms with Gasteiger partial charge in [-0.15, -0.1) is 0 Å². The second kappa shape index (κ2) is 6.17. The summed E-state index contributed by atoms with van der Waals surface area (Å²) < 4.78 is 7.36. The molecular weight excluding hydrogens is 314 g/mol. The van der Waals surface area contributed by atoms with Crippen LogP contribution in [0.25, 0.3) is 0 Å². The zero-order valence-electron chi connectivity index (χ0n) is 12.0. The fraction of sp³-hybridized carbons (Fsp3) is 0.647. The Kier molecular flexibility index (Phi) is 4.49. The SMILES string of the molecule is NC1CC(OCc2cccc(Br)c2)C12CCCCCC2. The van der Waals surface area contributed by atoms with E-state index >= 15 is 0 Å². The van der Waals surface area contributed by atoms with Crippen LogP contribution in [0.3, 0.4) is 0 Å². The smallest absolute Gasteiger partial charge is 0.0721 e. The fourth-order valence-electron chi connectivity index (χ4n) is 3.92. The Labute approximate surface area is 130 Å². The molecule has 2 aliphatic rings. The number of halogens is 1. The van der Waals surface area contributed by atoms with Gasteiger partial charge in [-0.3, -0.25) is 0 Å². The summed E-state index contributed by atoms with van der Waals surface area (Å²) in [6.45, 7) is 0.707. The van der Waals surface area contributed by atoms with Gasteiger partial charge in [-0.25, -0.2) is 0 Å². The summed E-state index contributed by atoms with van der Waals surface area (Å²) in [5.74, 6) is 0. The van der Waals surface area contributed by atoms with E-state index < -0.39 is 0 Å². The van der Waals surface area contributed by atoms with E-state index in [1.807, 2.05) is 0 Å². The molecule has 3 heteroatoms. The van der Waals surface area contributed by atoms with Crippen LogP contribution in [0.1, 0.15) is 50.5 Å². The first kappa shape index (κ1) is 14.6. The van der Waals surface area contributed by atoms with E-state index in [-0.39, 0.29) is 5.41 Å². The maximum atomic E-state index is 6.35. The predicted molar refractivity (Wildman–Crippen MR) is 85.4 cm³/mol. The first-order chi connectivity index (χ1) is 9.71. The normalized spacial score (nSPS) is 28.9. The van der Waals surface area contributed by atoms with E-state index in [1.54, 1.807) is 0 Å². The molecule has 2 nitrogen and oxygen atoms in total. The Bertz CT molecular complexity index is 454. The third-order valence-electron chi connectivity index (χ3n) is 5.22. The minimum absolute atomic E-state index is 0.280. The molecule has 0 aliphatic heterocycles. The molecule has 3 rings (SSSR count). The van der Waals surface area contributed by atoms with Crippen molar-refractivity contribution in [2.75, 3.05) is 0 Å². The zero-order chi connectivity index (χ0) is 14.0. The van der Waals surface area contributed by atoms with Crippen molar-refractivity contribution in [3.63, 3.8) is 0 Å². The minimum atomic E-state index is 0.280. The topological polar surface area (TPSA) is 35.2 Å². The molecule has 0 heterocycles. The van der Waals surface area contributed by atoms with Gasteiger partial charge in [0.15, 0.2) is 0 Å². The van der Waals surface area contributed by atoms with Gasteiger partial charge in [0.05, 0.1) is 12.7 Å². The van der Waals surface area contributed by atoms with Crippen molar-refractivity contribution in [1.82, 2.24) is 0 Å². The van der Waals surface area contributed by atoms with Gasteiger partial charge in [0.2, 0.25) is 0 Å². The number of hydrogen-bond acceptors (Lipinski definition) is 2. The van der Waals surface area contributed by atoms with Crippen LogP contribution < -0.4 is 5.73 Å². The number of ether oxygens (including phenoxy) is 1. The Balaban J connectivity index is 1.62. The quantitative estimate of drug-likeness (QED) is 0.886. The van der Waals surface area contributed by atoms with E-state index in [2.05, 4.69) is 40.2 Å². The molecule has 2 fully saturated rings. The Morgan fingerprint density at radius 2 is 1.95 bits per heavy atom. The van der Waals surface area contributed by atoms with E-state index in [4.69, 9.17) is 10.5 Å². The van der Waals surface area contributed by atoms with Crippen LogP contribution in [0, 0.1) is 5.41 Å². The monoisotopic (exact) mass is 337 g/mol. The standard InChI is InChI=1S/C17H24BrNO/c18-14-7-5-6-13(10-14)12-20-16-11-15(19)17(16)8-3-1-2-4-9-17/h5-7,10,15-16H,1-4,8-9,11-12,19H2. The van der Waals surface area contributed by atoms with Crippen LogP contribution in [-0.2, 0) is 11.3 Å². The first-order valence-electron chi connectivity index (χ1n) is 7.82. The van der Waals surface area contributed by atoms with Crippen LogP contribution in [0.2, 0.25) is 0 Å². The first-order valence-corrected chi connectivity index (χ1v) is 8.62. The number of nitrogens with two attached hydrogens (primary N) is 1. The highest BCUT2D eigenvalue weighted by Gasteiger charge is 2.53. The van der Waals surface area contributed by atoms with E-state index in [0.29, 0.717) is 18.8 Å². The Hall–Kier alpha value is -0.380. The van der Waals surface area contributed by atoms with Gasteiger partial charge in [-0.1, -0.05) is 53.7 Å². The van der Waals surface area contributed by atoms with E-state index in [9.17, 15) is 0 Å². The van der Waals surface area contributed by atoms with Gasteiger partial charge in [0.1, 0.15) is 0 Å². The van der Waals surface area contributed by atoms with Crippen molar-refractivity contribution in [3.05, 3.63) is 34.3 Å². The molecule has 2 atom stereocenters. The highest BCUT2D eigenvalue weighted by molar-refractivity contribution is 9.10. The van der Waals surface area contributed by atoms with Crippen molar-refractivity contribution in [2.24, 2.45) is 11.1 Å². The van der Waals surface area contributed by atoms with Gasteiger partial charge >= 0.3 is 0 Å². The zero-order valence-corrected chi connectivity index (χ0v) is 13.6. The fourth-order valence-corrected chi connectivity index (χ4v) is 4.36. The molecule has 2 N–H and O–H groups in total. The highest BCUT2D eigenvalue weighted by atomic mass is 79.9. The average Bonchev–Trinajstić information content (AvgIpc) is 2.71. The molecule has 0 aromatic heterocycles. The lowest BCUT2D eigenvalue weighted by molar-refractivity contribution is -0.141. The largest absolute Gasteiger partial charge is 0.373 e. The number of rotatable bonds is 3. The highest BCUT2D eigenvalue weighted by Crippen LogP contribution is 2.51. The molecule has 1 aromatic rings. The van der Waals surface area contributed by atoms with Gasteiger partial charge < -0.3 is 10.5 Å². The number of benzene rings is 1. The summed E-state index contributed by atoms with van der Waals surface area (Å²) in [7, 11) is 0. The molecule has 0 saturated heterocycles. The lowest BCUT2D eigenvalue weighted by Crippen LogP contribution is -2.62. The van der Waals surface area contributed by atoms with Crippen molar-refractivity contribution < 1.29 is 4.74 Å². The molecule has 20 heavy (non-hydrogen) atoms. The summed E-state index contributed by atoms with van der Waals surface area (Å²) in [5.41, 5.74) is 7.87. The molecular formula is C17H24BrNO. The van der Waals surface area contributed by atoms with Crippen molar-refractivity contribution in [1.29, 1.82) is 0 Å². The summed E-state index contributed by atoms with van der Waals surface area (Å²) in [6, 6.07) is 8.74. The second-order valence-corrected chi connectivity index (χ2v) is 7.33. The predicted octanol–water partition coefficient (Wildman–Crippen LogP) is 4.41. The molecule has 0 bridgehead atoms. The van der Waals surface area contributed by atoms with Gasteiger partial charge in [-0.2, -0.15) is 0 Å². The molecule has 2 aliphatic carbocycles. The van der Waals surface area contributed by atoms with E-state index in [1.165, 1.54) is 44.1 Å². The molecule has 110 valence electrons. The molecule has 1 spiro atoms. The van der Waals surface area contributed by atoms with Crippen LogP contribution in [0.4, 0.5) is 0 Å². The molecule has 2 saturated carbocycles. The second-order valence-electron chi connectivity index (χ2n) is 6.42. The van der Waals surface area contributed by atoms with Crippen molar-refractivity contribution in [2.45, 2.75) is 63.7 Å². The summed E-state index contributed by atoms with van der Waals surface area (Å²) in [5, 5.41) is 0. The van der Waals surface area contributed by atoms with Crippen LogP contribution in [0.15, 0.2) is 28.7 Å². The summed E-state index contributed by atoms with van der Waals surface area (Å²) in [4.78, 5) is 0. The van der Waals surface area contributed by atoms with E-state index in [0.717, 1.165) is 10.9 Å². The number of hydrogen-bond donors (Lipinski definition) is 1. The van der Waals surface area contributed by atoms with Crippen molar-refractivity contribution in [3.8, 4) is 0 Å². The van der Waals surface area contributed by atoms with Gasteiger partial charge in [-0.05, 0) is 37.0 Å². The molecule has 1 aromatic carbocycles. The summed E-state index contributed by atoms with van der Waals surface area (Å²) in [6.07, 6.45) is 9.31. The lowest BCUT2D eigenvalue weighted by atomic mass is 9.58. The average molecular weight is 338 g/mol. The van der Waals surface area contributed by atoms with Crippen LogP contribution in [0.5, 0.6) is 0 Å². The third kappa shape index (κ3) is 2.81. The summed E-state index contributed by atoms with van der Waals surface area (Å²) >= 11 is 3.51. The minimum Gasteiger partial charge on any atom is -0.373 e. The maximum absolute atomic E-state index is 6.35. The molecule has 2 unspecified atom stereocenters. The third-order valence-corrected chi connectivity index (χ3v) is 5.72. The van der Waals surface area contributed by atoms with Crippen molar-refractivity contribution >= 4 is 15.9 Å². The Morgan fingerprint density at radius 1 is 1.20 bits per heavy atom. The van der Waals surface area contributed by atoms with Gasteiger partial charge in [0, 0.05) is 15.9 Å².